The first-order valence-electron chi connectivity index (χ1n) is 4.34. The molecule has 80 valence electrons. The number of hydrogen-bond donors (Lipinski definition) is 1. The molecular weight excluding hydrogens is 192 g/mol. The van der Waals surface area contributed by atoms with Gasteiger partial charge in [0, 0.05) is 6.08 Å². The lowest BCUT2D eigenvalue weighted by Crippen LogP contribution is -1.98. The number of phenols is 1. The van der Waals surface area contributed by atoms with Gasteiger partial charge in [-0.15, -0.1) is 0 Å². The summed E-state index contributed by atoms with van der Waals surface area (Å²) >= 11 is 0. The first kappa shape index (κ1) is 13.0. The van der Waals surface area contributed by atoms with E-state index in [2.05, 4.69) is 17.9 Å². The molecule has 0 radical (unpaired) electrons. The van der Waals surface area contributed by atoms with E-state index in [0.29, 0.717) is 5.75 Å². The minimum Gasteiger partial charge on any atom is -0.508 e. The van der Waals surface area contributed by atoms with Crippen LogP contribution in [-0.4, -0.2) is 17.7 Å². The summed E-state index contributed by atoms with van der Waals surface area (Å²) in [5.74, 6) is -0.0904. The number of benzene rings is 1. The zero-order valence-electron chi connectivity index (χ0n) is 8.43. The van der Waals surface area contributed by atoms with Crippen molar-refractivity contribution in [3.8, 4) is 5.75 Å². The van der Waals surface area contributed by atoms with E-state index in [1.165, 1.54) is 6.08 Å². The highest BCUT2D eigenvalue weighted by molar-refractivity contribution is 5.81. The minimum atomic E-state index is -0.412. The van der Waals surface area contributed by atoms with E-state index in [4.69, 9.17) is 5.11 Å². The van der Waals surface area contributed by atoms with Crippen LogP contribution in [0.3, 0.4) is 0 Å². The third-order valence-electron chi connectivity index (χ3n) is 1.27. The van der Waals surface area contributed by atoms with Crippen LogP contribution in [0, 0.1) is 0 Å². The Labute approximate surface area is 89.3 Å². The van der Waals surface area contributed by atoms with Crippen LogP contribution >= 0.6 is 0 Å². The van der Waals surface area contributed by atoms with Crippen molar-refractivity contribution in [1.82, 2.24) is 0 Å². The Hall–Kier alpha value is -2.03. The number of para-hydroxylation sites is 1. The smallest absolute Gasteiger partial charge is 0.330 e. The van der Waals surface area contributed by atoms with Gasteiger partial charge in [0.2, 0.25) is 0 Å². The summed E-state index contributed by atoms with van der Waals surface area (Å²) in [5, 5.41) is 8.63. The fraction of sp³-hybridized carbons (Fsp3) is 0.0833. The molecule has 0 aliphatic rings. The third-order valence-corrected chi connectivity index (χ3v) is 1.27. The van der Waals surface area contributed by atoms with E-state index in [1.807, 2.05) is 6.07 Å². The van der Waals surface area contributed by atoms with Gasteiger partial charge in [-0.2, -0.15) is 0 Å². The van der Waals surface area contributed by atoms with E-state index in [0.717, 1.165) is 6.08 Å². The van der Waals surface area contributed by atoms with Crippen LogP contribution in [0.15, 0.2) is 55.6 Å². The Morgan fingerprint density at radius 3 is 2.27 bits per heavy atom. The highest BCUT2D eigenvalue weighted by atomic mass is 16.5. The van der Waals surface area contributed by atoms with Crippen molar-refractivity contribution in [2.75, 3.05) is 6.61 Å². The molecule has 0 fully saturated rings. The van der Waals surface area contributed by atoms with Gasteiger partial charge < -0.3 is 9.84 Å². The fourth-order valence-electron chi connectivity index (χ4n) is 0.628. The lowest BCUT2D eigenvalue weighted by atomic mass is 10.3. The third kappa shape index (κ3) is 8.30. The number of rotatable bonds is 3. The van der Waals surface area contributed by atoms with E-state index < -0.39 is 5.97 Å². The molecule has 0 aliphatic carbocycles. The number of phenolic OH excluding ortho intramolecular Hbond substituents is 1. The molecule has 0 spiro atoms. The van der Waals surface area contributed by atoms with Gasteiger partial charge >= 0.3 is 5.97 Å². The maximum Gasteiger partial charge on any atom is 0.330 e. The molecule has 0 saturated heterocycles. The van der Waals surface area contributed by atoms with E-state index in [-0.39, 0.29) is 6.61 Å². The van der Waals surface area contributed by atoms with Crippen molar-refractivity contribution >= 4 is 5.97 Å². The summed E-state index contributed by atoms with van der Waals surface area (Å²) in [7, 11) is 0. The highest BCUT2D eigenvalue weighted by Gasteiger charge is 1.87. The quantitative estimate of drug-likeness (QED) is 0.469. The highest BCUT2D eigenvalue weighted by Crippen LogP contribution is 2.02. The van der Waals surface area contributed by atoms with Gasteiger partial charge in [0.15, 0.2) is 0 Å². The second kappa shape index (κ2) is 8.56. The molecule has 0 atom stereocenters. The van der Waals surface area contributed by atoms with E-state index >= 15 is 0 Å². The summed E-state index contributed by atoms with van der Waals surface area (Å²) < 4.78 is 4.47. The maximum atomic E-state index is 10.2. The maximum absolute atomic E-state index is 10.2. The Morgan fingerprint density at radius 1 is 1.33 bits per heavy atom. The number of carbonyl (C=O) groups is 1. The van der Waals surface area contributed by atoms with Gasteiger partial charge in [-0.3, -0.25) is 0 Å². The average Bonchev–Trinajstić information content (AvgIpc) is 2.28. The van der Waals surface area contributed by atoms with Gasteiger partial charge in [-0.25, -0.2) is 4.79 Å². The van der Waals surface area contributed by atoms with E-state index in [1.54, 1.807) is 24.3 Å². The van der Waals surface area contributed by atoms with Crippen LogP contribution in [0.25, 0.3) is 0 Å². The predicted molar refractivity (Wildman–Crippen MR) is 59.5 cm³/mol. The Bertz CT molecular complexity index is 304. The molecule has 0 unspecified atom stereocenters. The number of ether oxygens (including phenoxy) is 1. The molecule has 0 aromatic heterocycles. The second-order valence-electron chi connectivity index (χ2n) is 2.46. The van der Waals surface area contributed by atoms with Crippen LogP contribution in [0.1, 0.15) is 0 Å². The predicted octanol–water partition coefficient (Wildman–Crippen LogP) is 2.29. The van der Waals surface area contributed by atoms with Crippen molar-refractivity contribution in [2.24, 2.45) is 0 Å². The SMILES string of the molecule is C=CCOC(=O)C=C.Oc1ccccc1. The van der Waals surface area contributed by atoms with Crippen molar-refractivity contribution in [3.05, 3.63) is 55.6 Å². The summed E-state index contributed by atoms with van der Waals surface area (Å²) in [6, 6.07) is 8.71. The lowest BCUT2D eigenvalue weighted by molar-refractivity contribution is -0.136. The molecule has 1 aromatic rings. The molecule has 1 aromatic carbocycles. The standard InChI is InChI=1S/C6H8O2.C6H6O/c1-3-5-8-6(7)4-2;7-6-4-2-1-3-5-6/h3-4H,1-2,5H2;1-5,7H. The van der Waals surface area contributed by atoms with Crippen LogP contribution in [0.5, 0.6) is 5.75 Å². The Balaban J connectivity index is 0.000000262. The van der Waals surface area contributed by atoms with Crippen molar-refractivity contribution in [3.63, 3.8) is 0 Å². The largest absolute Gasteiger partial charge is 0.508 e. The lowest BCUT2D eigenvalue weighted by Gasteiger charge is -1.92. The van der Waals surface area contributed by atoms with Gasteiger partial charge in [0.25, 0.3) is 0 Å². The van der Waals surface area contributed by atoms with Crippen molar-refractivity contribution in [1.29, 1.82) is 0 Å². The Kier molecular flexibility index (Phi) is 7.40. The van der Waals surface area contributed by atoms with Crippen LogP contribution in [0.2, 0.25) is 0 Å². The van der Waals surface area contributed by atoms with Crippen LogP contribution < -0.4 is 0 Å². The molecule has 0 bridgehead atoms. The number of esters is 1. The summed E-state index contributed by atoms with van der Waals surface area (Å²) in [4.78, 5) is 10.2. The normalized spacial score (nSPS) is 8.00. The first-order chi connectivity index (χ1) is 7.20. The zero-order valence-corrected chi connectivity index (χ0v) is 8.43. The van der Waals surface area contributed by atoms with Crippen molar-refractivity contribution in [2.45, 2.75) is 0 Å². The second-order valence-corrected chi connectivity index (χ2v) is 2.46. The molecule has 3 nitrogen and oxygen atoms in total. The molecule has 1 rings (SSSR count). The summed E-state index contributed by atoms with van der Waals surface area (Å²) in [5.41, 5.74) is 0. The van der Waals surface area contributed by atoms with Gasteiger partial charge in [0.05, 0.1) is 0 Å². The number of hydrogen-bond acceptors (Lipinski definition) is 3. The van der Waals surface area contributed by atoms with Gasteiger partial charge in [0.1, 0.15) is 12.4 Å². The molecule has 0 amide bonds. The van der Waals surface area contributed by atoms with Crippen LogP contribution in [-0.2, 0) is 9.53 Å². The van der Waals surface area contributed by atoms with Crippen LogP contribution in [0.4, 0.5) is 0 Å². The van der Waals surface area contributed by atoms with Crippen molar-refractivity contribution < 1.29 is 14.6 Å². The first-order valence-corrected chi connectivity index (χ1v) is 4.34. The summed E-state index contributed by atoms with van der Waals surface area (Å²) in [6.07, 6.45) is 2.62. The molecule has 3 heteroatoms. The zero-order chi connectivity index (χ0) is 11.5. The molecule has 0 saturated carbocycles. The molecule has 15 heavy (non-hydrogen) atoms. The summed E-state index contributed by atoms with van der Waals surface area (Å²) in [6.45, 7) is 6.81. The van der Waals surface area contributed by atoms with E-state index in [9.17, 15) is 4.79 Å². The molecule has 0 heterocycles. The van der Waals surface area contributed by atoms with Gasteiger partial charge in [-0.1, -0.05) is 37.4 Å². The van der Waals surface area contributed by atoms with Gasteiger partial charge in [-0.05, 0) is 12.1 Å². The minimum absolute atomic E-state index is 0.255. The number of carbonyl (C=O) groups excluding carboxylic acids is 1. The monoisotopic (exact) mass is 206 g/mol. The molecule has 1 N–H and O–H groups in total. The fourth-order valence-corrected chi connectivity index (χ4v) is 0.628. The molecular formula is C12H14O3. The Morgan fingerprint density at radius 2 is 1.93 bits per heavy atom. The number of aromatic hydroxyl groups is 1. The topological polar surface area (TPSA) is 46.5 Å². The molecule has 0 aliphatic heterocycles. The average molecular weight is 206 g/mol.